The molecule has 0 aromatic heterocycles. The summed E-state index contributed by atoms with van der Waals surface area (Å²) in [5.74, 6) is 0. The minimum atomic E-state index is -0.877. The summed E-state index contributed by atoms with van der Waals surface area (Å²) in [4.78, 5) is 0. The Morgan fingerprint density at radius 1 is 0.625 bits per heavy atom. The molecule has 128 valence electrons. The van der Waals surface area contributed by atoms with Crippen LogP contribution in [0.4, 0.5) is 0 Å². The van der Waals surface area contributed by atoms with Crippen LogP contribution < -0.4 is 15.9 Å². The van der Waals surface area contributed by atoms with Gasteiger partial charge in [0.05, 0.1) is 7.92 Å². The number of hydrogen-bond acceptors (Lipinski definition) is 0. The van der Waals surface area contributed by atoms with E-state index >= 15 is 0 Å². The predicted octanol–water partition coefficient (Wildman–Crippen LogP) is 4.80. The van der Waals surface area contributed by atoms with Crippen LogP contribution in [0.5, 0.6) is 0 Å². The normalized spacial score (nSPS) is 9.62. The van der Waals surface area contributed by atoms with Gasteiger partial charge in [0.25, 0.3) is 0 Å². The molecule has 2 heteroatoms. The zero-order valence-corrected chi connectivity index (χ0v) is 17.2. The number of unbranched alkanes of at least 4 members (excludes halogenated alkanes) is 1. The molecule has 0 saturated heterocycles. The first kappa shape index (κ1) is 20.9. The molecule has 0 atom stereocenters. The van der Waals surface area contributed by atoms with Crippen molar-refractivity contribution in [2.45, 2.75) is 19.8 Å². The zero-order chi connectivity index (χ0) is 16.3. The number of benzene rings is 3. The van der Waals surface area contributed by atoms with E-state index in [2.05, 4.69) is 105 Å². The van der Waals surface area contributed by atoms with Crippen molar-refractivity contribution in [2.75, 3.05) is 0 Å². The minimum Gasteiger partial charge on any atom is -0.343 e. The maximum atomic E-state index is 3.60. The summed E-state index contributed by atoms with van der Waals surface area (Å²) >= 11 is 0. The van der Waals surface area contributed by atoms with E-state index in [9.17, 15) is 0 Å². The quantitative estimate of drug-likeness (QED) is 0.265. The summed E-state index contributed by atoms with van der Waals surface area (Å²) in [5, 5.41) is 4.31. The molecule has 3 aromatic rings. The molecule has 0 nitrogen and oxygen atoms in total. The summed E-state index contributed by atoms with van der Waals surface area (Å²) < 4.78 is 0. The molecule has 0 unspecified atom stereocenters. The summed E-state index contributed by atoms with van der Waals surface area (Å²) in [6, 6.07) is 32.5. The molecule has 0 N–H and O–H groups in total. The summed E-state index contributed by atoms with van der Waals surface area (Å²) in [6.07, 6.45) is 2.28. The third-order valence-corrected chi connectivity index (χ3v) is 6.27. The Labute approximate surface area is 163 Å². The average molecular weight is 517 g/mol. The fourth-order valence-corrected chi connectivity index (χ4v) is 4.89. The van der Waals surface area contributed by atoms with Gasteiger partial charge in [-0.1, -0.05) is 67.9 Å². The molecule has 0 fully saturated rings. The van der Waals surface area contributed by atoms with Crippen molar-refractivity contribution in [3.63, 3.8) is 0 Å². The fraction of sp³-hybridized carbons (Fsp3) is 0.136. The molecular weight excluding hydrogens is 492 g/mol. The maximum Gasteiger partial charge on any atom is 1.00 e. The van der Waals surface area contributed by atoms with Crippen LogP contribution in [-0.2, 0) is 22.4 Å². The second kappa shape index (κ2) is 12.2. The molecule has 0 amide bonds. The van der Waals surface area contributed by atoms with Crippen LogP contribution in [0.1, 0.15) is 19.8 Å². The van der Waals surface area contributed by atoms with Crippen LogP contribution in [0.2, 0.25) is 0 Å². The standard InChI is InChI=1S/C18H15P.C4H9.Au/c1-4-10-16(11-5-1)19(17-12-6-2-7-13-17)18-14-8-3-9-15-18;1-3-4-2;/h1-15H;1,3-4H2,2H3;/q;-1;+1/p+1. The Bertz CT molecular complexity index is 557. The van der Waals surface area contributed by atoms with Gasteiger partial charge in [0, 0.05) is 0 Å². The van der Waals surface area contributed by atoms with Gasteiger partial charge in [0.2, 0.25) is 0 Å². The number of hydrogen-bond donors (Lipinski definition) is 0. The summed E-state index contributed by atoms with van der Waals surface area (Å²) in [5.41, 5.74) is 0. The fourth-order valence-electron chi connectivity index (χ4n) is 2.31. The molecule has 24 heavy (non-hydrogen) atoms. The van der Waals surface area contributed by atoms with Crippen molar-refractivity contribution >= 4 is 23.8 Å². The molecule has 0 radical (unpaired) electrons. The first-order valence-electron chi connectivity index (χ1n) is 8.19. The van der Waals surface area contributed by atoms with Gasteiger partial charge in [0.1, 0.15) is 15.9 Å². The largest absolute Gasteiger partial charge is 1.00 e. The van der Waals surface area contributed by atoms with E-state index < -0.39 is 7.92 Å². The van der Waals surface area contributed by atoms with Crippen molar-refractivity contribution in [3.05, 3.63) is 97.9 Å². The maximum absolute atomic E-state index is 3.60. The molecule has 0 saturated carbocycles. The van der Waals surface area contributed by atoms with Gasteiger partial charge in [-0.2, -0.15) is 6.42 Å². The van der Waals surface area contributed by atoms with Crippen molar-refractivity contribution in [1.29, 1.82) is 0 Å². The predicted molar refractivity (Wildman–Crippen MR) is 107 cm³/mol. The number of rotatable bonds is 4. The van der Waals surface area contributed by atoms with Crippen LogP contribution in [0.3, 0.4) is 0 Å². The summed E-state index contributed by atoms with van der Waals surface area (Å²) in [7, 11) is -0.877. The molecule has 0 spiro atoms. The van der Waals surface area contributed by atoms with Crippen LogP contribution in [-0.4, -0.2) is 0 Å². The summed E-state index contributed by atoms with van der Waals surface area (Å²) in [6.45, 7) is 5.72. The first-order valence-corrected chi connectivity index (χ1v) is 9.69. The third-order valence-electron chi connectivity index (χ3n) is 3.54. The van der Waals surface area contributed by atoms with Gasteiger partial charge in [-0.3, -0.25) is 0 Å². The molecule has 3 rings (SSSR count). The molecule has 3 aromatic carbocycles. The van der Waals surface area contributed by atoms with Gasteiger partial charge in [-0.05, 0) is 36.4 Å². The van der Waals surface area contributed by atoms with Crippen molar-refractivity contribution in [2.24, 2.45) is 0 Å². The van der Waals surface area contributed by atoms with E-state index in [1.807, 2.05) is 0 Å². The Morgan fingerprint density at radius 2 is 0.875 bits per heavy atom. The molecule has 0 aliphatic rings. The Balaban J connectivity index is 0.000000522. The van der Waals surface area contributed by atoms with Gasteiger partial charge >= 0.3 is 22.4 Å². The first-order chi connectivity index (χ1) is 11.4. The van der Waals surface area contributed by atoms with Crippen LogP contribution >= 0.6 is 7.92 Å². The topological polar surface area (TPSA) is 0 Å². The molecular formula is C22H25AuP+. The molecule has 0 aliphatic carbocycles. The van der Waals surface area contributed by atoms with E-state index in [1.165, 1.54) is 22.3 Å². The zero-order valence-electron chi connectivity index (χ0n) is 14.1. The van der Waals surface area contributed by atoms with E-state index in [-0.39, 0.29) is 22.4 Å². The SMILES string of the molecule is [Au+].[CH2-]CCC.c1ccc([PH+](c2ccccc2)c2ccccc2)cc1. The van der Waals surface area contributed by atoms with Gasteiger partial charge in [-0.25, -0.2) is 0 Å². The van der Waals surface area contributed by atoms with Crippen molar-refractivity contribution < 1.29 is 22.4 Å². The van der Waals surface area contributed by atoms with E-state index in [0.29, 0.717) is 0 Å². The monoisotopic (exact) mass is 517 g/mol. The van der Waals surface area contributed by atoms with Crippen LogP contribution in [0, 0.1) is 6.92 Å². The Kier molecular flexibility index (Phi) is 10.6. The Morgan fingerprint density at radius 3 is 1.08 bits per heavy atom. The van der Waals surface area contributed by atoms with Crippen LogP contribution in [0.15, 0.2) is 91.0 Å². The van der Waals surface area contributed by atoms with Crippen molar-refractivity contribution in [3.8, 4) is 0 Å². The van der Waals surface area contributed by atoms with Gasteiger partial charge < -0.3 is 6.92 Å². The smallest absolute Gasteiger partial charge is 0.343 e. The molecule has 0 aliphatic heterocycles. The van der Waals surface area contributed by atoms with E-state index in [4.69, 9.17) is 0 Å². The van der Waals surface area contributed by atoms with Gasteiger partial charge in [-0.15, -0.1) is 0 Å². The van der Waals surface area contributed by atoms with E-state index in [1.54, 1.807) is 0 Å². The Hall–Kier alpha value is -1.17. The van der Waals surface area contributed by atoms with E-state index in [0.717, 1.165) is 6.42 Å². The minimum absolute atomic E-state index is 0. The third kappa shape index (κ3) is 6.38. The average Bonchev–Trinajstić information content (AvgIpc) is 2.65. The molecule has 0 bridgehead atoms. The van der Waals surface area contributed by atoms with Gasteiger partial charge in [0.15, 0.2) is 0 Å². The second-order valence-electron chi connectivity index (χ2n) is 5.33. The van der Waals surface area contributed by atoms with Crippen LogP contribution in [0.25, 0.3) is 0 Å². The van der Waals surface area contributed by atoms with Crippen molar-refractivity contribution in [1.82, 2.24) is 0 Å². The molecule has 0 heterocycles. The second-order valence-corrected chi connectivity index (χ2v) is 7.81.